The number of aliphatic hydroxyl groups is 1. The van der Waals surface area contributed by atoms with E-state index < -0.39 is 51.8 Å². The van der Waals surface area contributed by atoms with Gasteiger partial charge in [0, 0.05) is 5.56 Å². The Morgan fingerprint density at radius 3 is 2.03 bits per heavy atom. The molecule has 0 bridgehead atoms. The molecule has 9 heteroatoms. The molecule has 2 aliphatic rings. The zero-order valence-electron chi connectivity index (χ0n) is 16.2. The number of benzene rings is 2. The van der Waals surface area contributed by atoms with E-state index in [0.29, 0.717) is 0 Å². The van der Waals surface area contributed by atoms with E-state index in [0.717, 1.165) is 55.3 Å². The standard InChI is InChI=1S/C22H17F6NO2/c1-20(13-7-8-13)18(30)17(19(31)29-20)15-10-12(4-9-16(15)22(26,27)28)11-2-5-14(6-3-11)21(23,24)25/h2-6,9-10,13,30H,7-8H2,1H3,(H,29,31). The third-order valence-corrected chi connectivity index (χ3v) is 5.86. The van der Waals surface area contributed by atoms with E-state index in [1.165, 1.54) is 0 Å². The van der Waals surface area contributed by atoms with Gasteiger partial charge < -0.3 is 10.4 Å². The lowest BCUT2D eigenvalue weighted by molar-refractivity contribution is -0.138. The molecule has 1 aliphatic carbocycles. The van der Waals surface area contributed by atoms with E-state index in [9.17, 15) is 36.2 Å². The molecule has 0 aromatic heterocycles. The van der Waals surface area contributed by atoms with Crippen LogP contribution in [-0.2, 0) is 17.1 Å². The second kappa shape index (κ2) is 6.77. The predicted molar refractivity (Wildman–Crippen MR) is 101 cm³/mol. The van der Waals surface area contributed by atoms with Crippen LogP contribution >= 0.6 is 0 Å². The smallest absolute Gasteiger partial charge is 0.417 e. The highest BCUT2D eigenvalue weighted by molar-refractivity contribution is 6.23. The maximum atomic E-state index is 13.7. The molecule has 0 spiro atoms. The minimum atomic E-state index is -4.81. The first-order valence-corrected chi connectivity index (χ1v) is 9.48. The highest BCUT2D eigenvalue weighted by Crippen LogP contribution is 2.49. The summed E-state index contributed by atoms with van der Waals surface area (Å²) < 4.78 is 79.4. The third-order valence-electron chi connectivity index (χ3n) is 5.86. The van der Waals surface area contributed by atoms with E-state index in [1.807, 2.05) is 0 Å². The van der Waals surface area contributed by atoms with Gasteiger partial charge in [0.25, 0.3) is 5.91 Å². The van der Waals surface area contributed by atoms with Gasteiger partial charge in [-0.2, -0.15) is 26.3 Å². The minimum absolute atomic E-state index is 0.0682. The molecule has 2 N–H and O–H groups in total. The largest absolute Gasteiger partial charge is 0.509 e. The van der Waals surface area contributed by atoms with Gasteiger partial charge in [0.2, 0.25) is 0 Å². The van der Waals surface area contributed by atoms with E-state index in [-0.39, 0.29) is 17.0 Å². The van der Waals surface area contributed by atoms with Gasteiger partial charge in [0.05, 0.1) is 22.2 Å². The topological polar surface area (TPSA) is 49.3 Å². The van der Waals surface area contributed by atoms with Crippen molar-refractivity contribution in [1.82, 2.24) is 5.32 Å². The second-order valence-corrected chi connectivity index (χ2v) is 7.99. The van der Waals surface area contributed by atoms with Crippen LogP contribution in [0.4, 0.5) is 26.3 Å². The summed E-state index contributed by atoms with van der Waals surface area (Å²) >= 11 is 0. The number of alkyl halides is 6. The summed E-state index contributed by atoms with van der Waals surface area (Å²) in [5.41, 5.74) is -3.69. The van der Waals surface area contributed by atoms with E-state index in [1.54, 1.807) is 6.92 Å². The first-order chi connectivity index (χ1) is 14.3. The summed E-state index contributed by atoms with van der Waals surface area (Å²) in [6, 6.07) is 6.92. The molecule has 3 nitrogen and oxygen atoms in total. The normalized spacial score (nSPS) is 22.1. The molecule has 2 aromatic carbocycles. The molecule has 1 unspecified atom stereocenters. The van der Waals surface area contributed by atoms with Gasteiger partial charge in [-0.3, -0.25) is 4.79 Å². The summed E-state index contributed by atoms with van der Waals surface area (Å²) in [5, 5.41) is 13.3. The Balaban J connectivity index is 1.85. The van der Waals surface area contributed by atoms with Crippen LogP contribution < -0.4 is 5.32 Å². The van der Waals surface area contributed by atoms with Crippen LogP contribution in [0.1, 0.15) is 36.5 Å². The summed E-state index contributed by atoms with van der Waals surface area (Å²) in [7, 11) is 0. The van der Waals surface area contributed by atoms with Crippen LogP contribution in [0.25, 0.3) is 16.7 Å². The highest BCUT2D eigenvalue weighted by atomic mass is 19.4. The van der Waals surface area contributed by atoms with Gasteiger partial charge in [-0.05, 0) is 61.1 Å². The van der Waals surface area contributed by atoms with Crippen LogP contribution in [0.2, 0.25) is 0 Å². The van der Waals surface area contributed by atoms with Gasteiger partial charge in [-0.1, -0.05) is 18.2 Å². The Kier molecular flexibility index (Phi) is 4.64. The maximum Gasteiger partial charge on any atom is 0.417 e. The van der Waals surface area contributed by atoms with Gasteiger partial charge >= 0.3 is 12.4 Å². The van der Waals surface area contributed by atoms with E-state index in [2.05, 4.69) is 5.32 Å². The van der Waals surface area contributed by atoms with Crippen molar-refractivity contribution >= 4 is 11.5 Å². The quantitative estimate of drug-likeness (QED) is 0.578. The molecule has 31 heavy (non-hydrogen) atoms. The van der Waals surface area contributed by atoms with Crippen LogP contribution in [0.3, 0.4) is 0 Å². The highest BCUT2D eigenvalue weighted by Gasteiger charge is 2.52. The van der Waals surface area contributed by atoms with E-state index >= 15 is 0 Å². The number of hydrogen-bond acceptors (Lipinski definition) is 2. The molecular formula is C22H17F6NO2. The number of rotatable bonds is 3. The molecule has 2 aromatic rings. The van der Waals surface area contributed by atoms with Crippen molar-refractivity contribution in [3.8, 4) is 11.1 Å². The molecule has 1 atom stereocenters. The fourth-order valence-electron chi connectivity index (χ4n) is 3.96. The number of carbonyl (C=O) groups excluding carboxylic acids is 1. The lowest BCUT2D eigenvalue weighted by Crippen LogP contribution is -2.43. The first kappa shape index (κ1) is 21.3. The monoisotopic (exact) mass is 441 g/mol. The van der Waals surface area contributed by atoms with Crippen molar-refractivity contribution in [3.05, 3.63) is 64.9 Å². The predicted octanol–water partition coefficient (Wildman–Crippen LogP) is 5.96. The van der Waals surface area contributed by atoms with Crippen LogP contribution in [0, 0.1) is 5.92 Å². The molecule has 1 fully saturated rings. The molecule has 1 heterocycles. The van der Waals surface area contributed by atoms with Crippen molar-refractivity contribution in [2.75, 3.05) is 0 Å². The first-order valence-electron chi connectivity index (χ1n) is 9.48. The number of amides is 1. The van der Waals surface area contributed by atoms with Gasteiger partial charge in [-0.15, -0.1) is 0 Å². The van der Waals surface area contributed by atoms with Crippen LogP contribution in [-0.4, -0.2) is 16.6 Å². The number of aliphatic hydroxyl groups excluding tert-OH is 1. The molecular weight excluding hydrogens is 424 g/mol. The summed E-state index contributed by atoms with van der Waals surface area (Å²) in [6.07, 6.45) is -7.90. The molecule has 1 aliphatic heterocycles. The van der Waals surface area contributed by atoms with Gasteiger partial charge in [0.1, 0.15) is 5.76 Å². The summed E-state index contributed by atoms with van der Waals surface area (Å²) in [5.74, 6) is -1.33. The Morgan fingerprint density at radius 1 is 0.935 bits per heavy atom. The molecule has 0 saturated heterocycles. The van der Waals surface area contributed by atoms with Crippen molar-refractivity contribution in [1.29, 1.82) is 0 Å². The maximum absolute atomic E-state index is 13.7. The zero-order chi connectivity index (χ0) is 22.8. The Hall–Kier alpha value is -2.97. The van der Waals surface area contributed by atoms with Crippen molar-refractivity contribution < 1.29 is 36.2 Å². The van der Waals surface area contributed by atoms with Crippen LogP contribution in [0.5, 0.6) is 0 Å². The lowest BCUT2D eigenvalue weighted by atomic mass is 9.89. The molecule has 164 valence electrons. The Bertz CT molecular complexity index is 1080. The van der Waals surface area contributed by atoms with Crippen LogP contribution in [0.15, 0.2) is 48.2 Å². The fraction of sp³-hybridized carbons (Fsp3) is 0.318. The van der Waals surface area contributed by atoms with Gasteiger partial charge in [0.15, 0.2) is 0 Å². The average Bonchev–Trinajstić information content (AvgIpc) is 3.49. The number of halogens is 6. The second-order valence-electron chi connectivity index (χ2n) is 7.99. The SMILES string of the molecule is CC1(C2CC2)NC(=O)C(c2cc(-c3ccc(C(F)(F)F)cc3)ccc2C(F)(F)F)=C1O. The molecule has 1 amide bonds. The minimum Gasteiger partial charge on any atom is -0.509 e. The number of carbonyl (C=O) groups is 1. The number of hydrogen-bond donors (Lipinski definition) is 2. The van der Waals surface area contributed by atoms with Crippen molar-refractivity contribution in [2.45, 2.75) is 37.7 Å². The fourth-order valence-corrected chi connectivity index (χ4v) is 3.96. The molecule has 4 rings (SSSR count). The third kappa shape index (κ3) is 3.66. The Labute approximate surface area is 173 Å². The Morgan fingerprint density at radius 2 is 1.52 bits per heavy atom. The summed E-state index contributed by atoms with van der Waals surface area (Å²) in [4.78, 5) is 12.6. The van der Waals surface area contributed by atoms with Crippen molar-refractivity contribution in [2.24, 2.45) is 5.92 Å². The lowest BCUT2D eigenvalue weighted by Gasteiger charge is -2.24. The molecule has 0 radical (unpaired) electrons. The van der Waals surface area contributed by atoms with Gasteiger partial charge in [-0.25, -0.2) is 0 Å². The number of nitrogens with one attached hydrogen (secondary N) is 1. The summed E-state index contributed by atoms with van der Waals surface area (Å²) in [6.45, 7) is 1.57. The van der Waals surface area contributed by atoms with Crippen molar-refractivity contribution in [3.63, 3.8) is 0 Å². The zero-order valence-corrected chi connectivity index (χ0v) is 16.2. The average molecular weight is 441 g/mol. The van der Waals surface area contributed by atoms with E-state index in [4.69, 9.17) is 0 Å². The molecule has 1 saturated carbocycles.